The van der Waals surface area contributed by atoms with Gasteiger partial charge in [-0.25, -0.2) is 4.98 Å². The van der Waals surface area contributed by atoms with Gasteiger partial charge < -0.3 is 11.1 Å². The molecule has 0 saturated carbocycles. The topological polar surface area (TPSA) is 68.0 Å². The van der Waals surface area contributed by atoms with E-state index >= 15 is 0 Å². The summed E-state index contributed by atoms with van der Waals surface area (Å²) in [4.78, 5) is 14.6. The van der Waals surface area contributed by atoms with Gasteiger partial charge in [0.25, 0.3) is 0 Å². The highest BCUT2D eigenvalue weighted by molar-refractivity contribution is 5.74. The third kappa shape index (κ3) is 3.55. The minimum atomic E-state index is -0.305. The van der Waals surface area contributed by atoms with E-state index in [4.69, 9.17) is 5.73 Å². The SMILES string of the molecule is Cc1cccc(NCCC(N)=O)n1. The predicted octanol–water partition coefficient (Wildman–Crippen LogP) is 0.677. The zero-order valence-electron chi connectivity index (χ0n) is 7.58. The van der Waals surface area contributed by atoms with Crippen LogP contribution in [-0.2, 0) is 4.79 Å². The largest absolute Gasteiger partial charge is 0.370 e. The smallest absolute Gasteiger partial charge is 0.219 e. The molecule has 0 aromatic carbocycles. The molecule has 1 aromatic heterocycles. The summed E-state index contributed by atoms with van der Waals surface area (Å²) >= 11 is 0. The molecule has 0 bridgehead atoms. The zero-order valence-corrected chi connectivity index (χ0v) is 7.58. The van der Waals surface area contributed by atoms with Gasteiger partial charge in [0, 0.05) is 18.7 Å². The van der Waals surface area contributed by atoms with Crippen LogP contribution in [-0.4, -0.2) is 17.4 Å². The van der Waals surface area contributed by atoms with Gasteiger partial charge in [-0.2, -0.15) is 0 Å². The molecule has 1 amide bonds. The fraction of sp³-hybridized carbons (Fsp3) is 0.333. The lowest BCUT2D eigenvalue weighted by atomic mass is 10.3. The predicted molar refractivity (Wildman–Crippen MR) is 51.3 cm³/mol. The van der Waals surface area contributed by atoms with Crippen molar-refractivity contribution in [1.29, 1.82) is 0 Å². The van der Waals surface area contributed by atoms with Gasteiger partial charge >= 0.3 is 0 Å². The van der Waals surface area contributed by atoms with Gasteiger partial charge in [-0.3, -0.25) is 4.79 Å². The maximum absolute atomic E-state index is 10.4. The van der Waals surface area contributed by atoms with Crippen LogP contribution in [0.1, 0.15) is 12.1 Å². The molecule has 1 heterocycles. The van der Waals surface area contributed by atoms with Crippen molar-refractivity contribution in [2.45, 2.75) is 13.3 Å². The molecule has 0 aliphatic carbocycles. The van der Waals surface area contributed by atoms with Crippen LogP contribution in [0, 0.1) is 6.92 Å². The number of nitrogens with two attached hydrogens (primary N) is 1. The number of aromatic nitrogens is 1. The van der Waals surface area contributed by atoms with Crippen molar-refractivity contribution in [1.82, 2.24) is 4.98 Å². The van der Waals surface area contributed by atoms with Crippen LogP contribution in [0.25, 0.3) is 0 Å². The van der Waals surface area contributed by atoms with Gasteiger partial charge in [-0.15, -0.1) is 0 Å². The molecular weight excluding hydrogens is 166 g/mol. The third-order valence-corrected chi connectivity index (χ3v) is 1.57. The maximum atomic E-state index is 10.4. The van der Waals surface area contributed by atoms with Crippen LogP contribution >= 0.6 is 0 Å². The van der Waals surface area contributed by atoms with Crippen LogP contribution in [0.15, 0.2) is 18.2 Å². The Labute approximate surface area is 77.2 Å². The van der Waals surface area contributed by atoms with E-state index in [1.807, 2.05) is 25.1 Å². The lowest BCUT2D eigenvalue weighted by Gasteiger charge is -2.03. The van der Waals surface area contributed by atoms with Crippen LogP contribution in [0.4, 0.5) is 5.82 Å². The third-order valence-electron chi connectivity index (χ3n) is 1.57. The Hall–Kier alpha value is -1.58. The van der Waals surface area contributed by atoms with E-state index < -0.39 is 0 Å². The lowest BCUT2D eigenvalue weighted by molar-refractivity contribution is -0.117. The highest BCUT2D eigenvalue weighted by Crippen LogP contribution is 2.02. The normalized spacial score (nSPS) is 9.62. The van der Waals surface area contributed by atoms with Crippen molar-refractivity contribution in [2.75, 3.05) is 11.9 Å². The number of primary amides is 1. The quantitative estimate of drug-likeness (QED) is 0.714. The number of pyridine rings is 1. The number of nitrogens with one attached hydrogen (secondary N) is 1. The van der Waals surface area contributed by atoms with Crippen molar-refractivity contribution in [3.8, 4) is 0 Å². The minimum Gasteiger partial charge on any atom is -0.370 e. The van der Waals surface area contributed by atoms with E-state index in [2.05, 4.69) is 10.3 Å². The molecule has 1 aromatic rings. The lowest BCUT2D eigenvalue weighted by Crippen LogP contribution is -2.16. The number of hydrogen-bond acceptors (Lipinski definition) is 3. The summed E-state index contributed by atoms with van der Waals surface area (Å²) in [6, 6.07) is 5.68. The number of anilines is 1. The van der Waals surface area contributed by atoms with Crippen LogP contribution in [0.3, 0.4) is 0 Å². The van der Waals surface area contributed by atoms with E-state index in [1.165, 1.54) is 0 Å². The summed E-state index contributed by atoms with van der Waals surface area (Å²) < 4.78 is 0. The fourth-order valence-corrected chi connectivity index (χ4v) is 0.955. The average Bonchev–Trinajstić information content (AvgIpc) is 2.03. The number of rotatable bonds is 4. The van der Waals surface area contributed by atoms with Gasteiger partial charge in [-0.05, 0) is 19.1 Å². The van der Waals surface area contributed by atoms with Crippen molar-refractivity contribution in [3.63, 3.8) is 0 Å². The first-order valence-corrected chi connectivity index (χ1v) is 4.14. The van der Waals surface area contributed by atoms with Gasteiger partial charge in [-0.1, -0.05) is 6.07 Å². The Balaban J connectivity index is 2.41. The molecule has 4 nitrogen and oxygen atoms in total. The Morgan fingerprint density at radius 2 is 2.38 bits per heavy atom. The first kappa shape index (κ1) is 9.51. The standard InChI is InChI=1S/C9H13N3O/c1-7-3-2-4-9(12-7)11-6-5-8(10)13/h2-4H,5-6H2,1H3,(H2,10,13)(H,11,12). The molecule has 0 spiro atoms. The monoisotopic (exact) mass is 179 g/mol. The average molecular weight is 179 g/mol. The molecule has 13 heavy (non-hydrogen) atoms. The van der Waals surface area contributed by atoms with Crippen LogP contribution in [0.2, 0.25) is 0 Å². The molecule has 1 rings (SSSR count). The Morgan fingerprint density at radius 3 is 3.00 bits per heavy atom. The first-order chi connectivity index (χ1) is 6.18. The van der Waals surface area contributed by atoms with Gasteiger partial charge in [0.05, 0.1) is 0 Å². The molecule has 0 unspecified atom stereocenters. The van der Waals surface area contributed by atoms with E-state index in [0.29, 0.717) is 13.0 Å². The highest BCUT2D eigenvalue weighted by Gasteiger charge is 1.95. The Morgan fingerprint density at radius 1 is 1.62 bits per heavy atom. The van der Waals surface area contributed by atoms with Gasteiger partial charge in [0.15, 0.2) is 0 Å². The number of hydrogen-bond donors (Lipinski definition) is 2. The van der Waals surface area contributed by atoms with E-state index in [9.17, 15) is 4.79 Å². The second-order valence-corrected chi connectivity index (χ2v) is 2.81. The van der Waals surface area contributed by atoms with Gasteiger partial charge in [0.2, 0.25) is 5.91 Å². The molecule has 0 atom stereocenters. The molecule has 4 heteroatoms. The molecule has 70 valence electrons. The Kier molecular flexibility index (Phi) is 3.25. The molecule has 0 aliphatic rings. The summed E-state index contributed by atoms with van der Waals surface area (Å²) in [7, 11) is 0. The van der Waals surface area contributed by atoms with Gasteiger partial charge in [0.1, 0.15) is 5.82 Å². The van der Waals surface area contributed by atoms with E-state index in [1.54, 1.807) is 0 Å². The Bertz CT molecular complexity index is 299. The summed E-state index contributed by atoms with van der Waals surface area (Å²) in [6.07, 6.45) is 0.329. The first-order valence-electron chi connectivity index (χ1n) is 4.14. The van der Waals surface area contributed by atoms with Crippen molar-refractivity contribution >= 4 is 11.7 Å². The number of amides is 1. The van der Waals surface area contributed by atoms with E-state index in [-0.39, 0.29) is 5.91 Å². The zero-order chi connectivity index (χ0) is 9.68. The number of carbonyl (C=O) groups excluding carboxylic acids is 1. The molecule has 0 radical (unpaired) electrons. The highest BCUT2D eigenvalue weighted by atomic mass is 16.1. The van der Waals surface area contributed by atoms with Crippen LogP contribution < -0.4 is 11.1 Å². The molecule has 0 aliphatic heterocycles. The van der Waals surface area contributed by atoms with Crippen molar-refractivity contribution < 1.29 is 4.79 Å². The summed E-state index contributed by atoms with van der Waals surface area (Å²) in [5.41, 5.74) is 5.94. The minimum absolute atomic E-state index is 0.305. The molecule has 0 fully saturated rings. The second-order valence-electron chi connectivity index (χ2n) is 2.81. The summed E-state index contributed by atoms with van der Waals surface area (Å²) in [5, 5.41) is 3.00. The number of carbonyl (C=O) groups is 1. The second kappa shape index (κ2) is 4.45. The molecule has 3 N–H and O–H groups in total. The number of nitrogens with zero attached hydrogens (tertiary/aromatic N) is 1. The molecule has 0 saturated heterocycles. The fourth-order valence-electron chi connectivity index (χ4n) is 0.955. The van der Waals surface area contributed by atoms with Crippen molar-refractivity contribution in [3.05, 3.63) is 23.9 Å². The van der Waals surface area contributed by atoms with Crippen molar-refractivity contribution in [2.24, 2.45) is 5.73 Å². The maximum Gasteiger partial charge on any atom is 0.219 e. The van der Waals surface area contributed by atoms with Crippen LogP contribution in [0.5, 0.6) is 0 Å². The van der Waals surface area contributed by atoms with E-state index in [0.717, 1.165) is 11.5 Å². The molecular formula is C9H13N3O. The summed E-state index contributed by atoms with van der Waals surface area (Å²) in [5.74, 6) is 0.474. The summed E-state index contributed by atoms with van der Waals surface area (Å²) in [6.45, 7) is 2.45. The number of aryl methyl sites for hydroxylation is 1.